The van der Waals surface area contributed by atoms with Crippen molar-refractivity contribution in [3.05, 3.63) is 75.3 Å². The van der Waals surface area contributed by atoms with Crippen molar-refractivity contribution in [1.29, 1.82) is 0 Å². The van der Waals surface area contributed by atoms with Crippen LogP contribution < -0.4 is 10.6 Å². The van der Waals surface area contributed by atoms with Gasteiger partial charge in [-0.15, -0.1) is 0 Å². The van der Waals surface area contributed by atoms with E-state index in [9.17, 15) is 14.0 Å². The van der Waals surface area contributed by atoms with Gasteiger partial charge in [0.05, 0.1) is 28.9 Å². The van der Waals surface area contributed by atoms with E-state index in [1.165, 1.54) is 18.3 Å². The number of carboxylic acid groups (broad SMARTS) is 1. The summed E-state index contributed by atoms with van der Waals surface area (Å²) in [5.74, 6) is -1.41. The van der Waals surface area contributed by atoms with Gasteiger partial charge in [0.2, 0.25) is 0 Å². The van der Waals surface area contributed by atoms with Gasteiger partial charge in [0.1, 0.15) is 5.82 Å². The van der Waals surface area contributed by atoms with Gasteiger partial charge in [-0.1, -0.05) is 35.4 Å². The van der Waals surface area contributed by atoms with E-state index < -0.39 is 18.0 Å². The third-order valence-electron chi connectivity index (χ3n) is 4.58. The molecule has 1 aromatic heterocycles. The normalized spacial score (nSPS) is 15.8. The van der Waals surface area contributed by atoms with Crippen LogP contribution in [0.3, 0.4) is 0 Å². The van der Waals surface area contributed by atoms with Crippen LogP contribution in [0, 0.1) is 5.82 Å². The van der Waals surface area contributed by atoms with Gasteiger partial charge >= 0.3 is 12.0 Å². The number of pyridine rings is 1. The summed E-state index contributed by atoms with van der Waals surface area (Å²) in [5.41, 5.74) is 2.72. The first-order valence-electron chi connectivity index (χ1n) is 8.72. The maximum Gasteiger partial charge on any atom is 0.337 e. The number of nitrogens with zero attached hydrogens (tertiary/aromatic N) is 1. The predicted molar refractivity (Wildman–Crippen MR) is 103 cm³/mol. The number of hydrogen-bond donors (Lipinski definition) is 3. The average Bonchev–Trinajstić information content (AvgIpc) is 2.80. The van der Waals surface area contributed by atoms with Gasteiger partial charge in [-0.3, -0.25) is 4.98 Å². The van der Waals surface area contributed by atoms with Crippen LogP contribution in [0.25, 0.3) is 0 Å². The molecular formula is C20H19ClFN3O3. The number of amides is 2. The number of nitrogens with one attached hydrogen (secondary N) is 2. The number of benzene rings is 1. The summed E-state index contributed by atoms with van der Waals surface area (Å²) in [6.07, 6.45) is 4.40. The van der Waals surface area contributed by atoms with Crippen LogP contribution in [0.5, 0.6) is 0 Å². The molecule has 2 aromatic rings. The number of allylic oxidation sites excluding steroid dienone is 1. The topological polar surface area (TPSA) is 91.3 Å². The number of urea groups is 1. The molecule has 3 N–H and O–H groups in total. The second-order valence-corrected chi connectivity index (χ2v) is 6.99. The highest BCUT2D eigenvalue weighted by Crippen LogP contribution is 2.29. The molecule has 1 aromatic carbocycles. The van der Waals surface area contributed by atoms with Crippen molar-refractivity contribution in [3.63, 3.8) is 0 Å². The number of rotatable bonds is 4. The molecule has 0 radical (unpaired) electrons. The van der Waals surface area contributed by atoms with Crippen LogP contribution in [0.4, 0.5) is 9.18 Å². The Bertz CT molecular complexity index is 962. The first kappa shape index (κ1) is 19.8. The zero-order chi connectivity index (χ0) is 20.3. The summed E-state index contributed by atoms with van der Waals surface area (Å²) in [5, 5.41) is 14.6. The summed E-state index contributed by atoms with van der Waals surface area (Å²) in [7, 11) is 0. The highest BCUT2D eigenvalue weighted by molar-refractivity contribution is 6.31. The molecule has 6 nitrogen and oxygen atoms in total. The monoisotopic (exact) mass is 403 g/mol. The van der Waals surface area contributed by atoms with Crippen LogP contribution in [-0.4, -0.2) is 22.1 Å². The van der Waals surface area contributed by atoms with E-state index in [4.69, 9.17) is 16.7 Å². The highest BCUT2D eigenvalue weighted by atomic mass is 35.5. The molecule has 3 rings (SSSR count). The molecule has 1 heterocycles. The molecule has 1 unspecified atom stereocenters. The highest BCUT2D eigenvalue weighted by Gasteiger charge is 2.21. The van der Waals surface area contributed by atoms with Crippen LogP contribution in [0.1, 0.15) is 46.6 Å². The largest absolute Gasteiger partial charge is 0.478 e. The van der Waals surface area contributed by atoms with Crippen LogP contribution in [-0.2, 0) is 13.0 Å². The van der Waals surface area contributed by atoms with Gasteiger partial charge < -0.3 is 15.7 Å². The SMILES string of the molecule is CC1=CC(NC(=O)NCc2ncc(C(=O)O)cc2Cl)c2cccc(F)c2CC1. The number of aromatic nitrogens is 1. The van der Waals surface area contributed by atoms with Crippen molar-refractivity contribution >= 4 is 23.6 Å². The van der Waals surface area contributed by atoms with Crippen LogP contribution in [0.15, 0.2) is 42.1 Å². The molecule has 0 fully saturated rings. The molecule has 1 aliphatic carbocycles. The van der Waals surface area contributed by atoms with Crippen molar-refractivity contribution < 1.29 is 19.1 Å². The lowest BCUT2D eigenvalue weighted by Gasteiger charge is -2.18. The standard InChI is InChI=1S/C20H19ClFN3O3/c1-11-5-6-13-14(3-2-4-16(13)22)17(7-11)25-20(28)24-10-18-15(21)8-12(9-23-18)19(26)27/h2-4,7-9,17H,5-6,10H2,1H3,(H,26,27)(H2,24,25,28). The number of hydrogen-bond acceptors (Lipinski definition) is 3. The Labute approximate surface area is 166 Å². The summed E-state index contributed by atoms with van der Waals surface area (Å²) in [4.78, 5) is 27.3. The second-order valence-electron chi connectivity index (χ2n) is 6.58. The van der Waals surface area contributed by atoms with Gasteiger partial charge in [0, 0.05) is 6.20 Å². The van der Waals surface area contributed by atoms with Crippen molar-refractivity contribution in [1.82, 2.24) is 15.6 Å². The summed E-state index contributed by atoms with van der Waals surface area (Å²) in [6.45, 7) is 1.97. The quantitative estimate of drug-likeness (QED) is 0.673. The number of fused-ring (bicyclic) bond motifs is 1. The van der Waals surface area contributed by atoms with E-state index in [1.54, 1.807) is 6.07 Å². The summed E-state index contributed by atoms with van der Waals surface area (Å²) >= 11 is 6.03. The molecular weight excluding hydrogens is 385 g/mol. The minimum atomic E-state index is -1.13. The van der Waals surface area contributed by atoms with Crippen molar-refractivity contribution in [3.8, 4) is 0 Å². The van der Waals surface area contributed by atoms with Crippen molar-refractivity contribution in [2.75, 3.05) is 0 Å². The third-order valence-corrected chi connectivity index (χ3v) is 4.91. The van der Waals surface area contributed by atoms with E-state index in [1.807, 2.05) is 19.1 Å². The Hall–Kier alpha value is -2.93. The number of carboxylic acids is 1. The van der Waals surface area contributed by atoms with Gasteiger partial charge in [0.15, 0.2) is 0 Å². The third kappa shape index (κ3) is 4.48. The molecule has 0 spiro atoms. The summed E-state index contributed by atoms with van der Waals surface area (Å²) < 4.78 is 14.2. The minimum absolute atomic E-state index is 0.0238. The zero-order valence-corrected chi connectivity index (χ0v) is 15.9. The number of aromatic carboxylic acids is 1. The molecule has 0 saturated heterocycles. The van der Waals surface area contributed by atoms with Crippen LogP contribution >= 0.6 is 11.6 Å². The first-order valence-corrected chi connectivity index (χ1v) is 9.09. The predicted octanol–water partition coefficient (Wildman–Crippen LogP) is 4.01. The first-order chi connectivity index (χ1) is 13.3. The van der Waals surface area contributed by atoms with Crippen molar-refractivity contribution in [2.45, 2.75) is 32.4 Å². The van der Waals surface area contributed by atoms with E-state index in [0.717, 1.165) is 17.6 Å². The molecule has 2 amide bonds. The second kappa shape index (κ2) is 8.39. The summed E-state index contributed by atoms with van der Waals surface area (Å²) in [6, 6.07) is 5.22. The fourth-order valence-electron chi connectivity index (χ4n) is 3.10. The van der Waals surface area contributed by atoms with Gasteiger partial charge in [-0.2, -0.15) is 0 Å². The minimum Gasteiger partial charge on any atom is -0.478 e. The molecule has 28 heavy (non-hydrogen) atoms. The molecule has 0 bridgehead atoms. The number of halogens is 2. The van der Waals surface area contributed by atoms with E-state index in [-0.39, 0.29) is 22.9 Å². The van der Waals surface area contributed by atoms with Gasteiger partial charge in [-0.05, 0) is 43.0 Å². The van der Waals surface area contributed by atoms with Gasteiger partial charge in [-0.25, -0.2) is 14.0 Å². The molecule has 0 aliphatic heterocycles. The Morgan fingerprint density at radius 2 is 2.14 bits per heavy atom. The Balaban J connectivity index is 1.70. The molecule has 1 aliphatic rings. The van der Waals surface area contributed by atoms with Crippen LogP contribution in [0.2, 0.25) is 5.02 Å². The maximum absolute atomic E-state index is 14.2. The van der Waals surface area contributed by atoms with Crippen molar-refractivity contribution in [2.24, 2.45) is 0 Å². The zero-order valence-electron chi connectivity index (χ0n) is 15.1. The Morgan fingerprint density at radius 3 is 2.86 bits per heavy atom. The number of carbonyl (C=O) groups is 2. The average molecular weight is 404 g/mol. The lowest BCUT2D eigenvalue weighted by Crippen LogP contribution is -2.37. The molecule has 146 valence electrons. The smallest absolute Gasteiger partial charge is 0.337 e. The maximum atomic E-state index is 14.2. The fourth-order valence-corrected chi connectivity index (χ4v) is 3.33. The van der Waals surface area contributed by atoms with E-state index in [2.05, 4.69) is 15.6 Å². The molecule has 1 atom stereocenters. The molecule has 0 saturated carbocycles. The van der Waals surface area contributed by atoms with E-state index in [0.29, 0.717) is 17.7 Å². The fraction of sp³-hybridized carbons (Fsp3) is 0.250. The Morgan fingerprint density at radius 1 is 1.36 bits per heavy atom. The molecule has 8 heteroatoms. The lowest BCUT2D eigenvalue weighted by molar-refractivity contribution is 0.0696. The number of carbonyl (C=O) groups excluding carboxylic acids is 1. The lowest BCUT2D eigenvalue weighted by atomic mass is 9.99. The van der Waals surface area contributed by atoms with E-state index >= 15 is 0 Å². The Kier molecular flexibility index (Phi) is 5.94. The van der Waals surface area contributed by atoms with Gasteiger partial charge in [0.25, 0.3) is 0 Å².